The first-order valence-electron chi connectivity index (χ1n) is 16.5. The first-order chi connectivity index (χ1) is 24.3. The number of ether oxygens (including phenoxy) is 2. The molecule has 3 heterocycles. The summed E-state index contributed by atoms with van der Waals surface area (Å²) in [6.45, 7) is 0. The molecule has 5 heteroatoms. The Morgan fingerprint density at radius 1 is 0.551 bits per heavy atom. The number of nitrogens with one attached hydrogen (secondary N) is 1. The van der Waals surface area contributed by atoms with Crippen molar-refractivity contribution < 1.29 is 9.47 Å². The van der Waals surface area contributed by atoms with Gasteiger partial charge in [0.2, 0.25) is 0 Å². The zero-order valence-electron chi connectivity index (χ0n) is 26.4. The van der Waals surface area contributed by atoms with Crippen molar-refractivity contribution in [3.63, 3.8) is 0 Å². The molecule has 0 radical (unpaired) electrons. The normalized spacial score (nSPS) is 15.1. The maximum Gasteiger partial charge on any atom is 0.194 e. The second-order valence-electron chi connectivity index (χ2n) is 12.4. The molecule has 0 amide bonds. The summed E-state index contributed by atoms with van der Waals surface area (Å²) in [6.07, 6.45) is 1.85. The quantitative estimate of drug-likeness (QED) is 0.210. The molecule has 49 heavy (non-hydrogen) atoms. The highest BCUT2D eigenvalue weighted by Crippen LogP contribution is 2.52. The van der Waals surface area contributed by atoms with Gasteiger partial charge < -0.3 is 19.4 Å². The van der Waals surface area contributed by atoms with Crippen LogP contribution in [0, 0.1) is 0 Å². The van der Waals surface area contributed by atoms with Gasteiger partial charge in [0.15, 0.2) is 23.0 Å². The van der Waals surface area contributed by atoms with Crippen molar-refractivity contribution in [1.82, 2.24) is 9.88 Å². The van der Waals surface area contributed by atoms with E-state index in [1.165, 1.54) is 0 Å². The molecule has 1 aromatic heterocycles. The van der Waals surface area contributed by atoms with E-state index in [-0.39, 0.29) is 6.17 Å². The Kier molecular flexibility index (Phi) is 6.18. The summed E-state index contributed by atoms with van der Waals surface area (Å²) in [6, 6.07) is 54.5. The summed E-state index contributed by atoms with van der Waals surface area (Å²) in [7, 11) is 0. The number of rotatable bonds is 4. The van der Waals surface area contributed by atoms with Crippen molar-refractivity contribution in [2.75, 3.05) is 0 Å². The number of para-hydroxylation sites is 1. The number of nitrogens with zero attached hydrogens (tertiary/aromatic N) is 2. The second kappa shape index (κ2) is 11.0. The molecule has 5 nitrogen and oxygen atoms in total. The maximum absolute atomic E-state index is 6.88. The van der Waals surface area contributed by atoms with Gasteiger partial charge in [-0.1, -0.05) is 121 Å². The van der Waals surface area contributed by atoms with E-state index in [9.17, 15) is 0 Å². The summed E-state index contributed by atoms with van der Waals surface area (Å²) in [4.78, 5) is 5.24. The number of benzene rings is 7. The summed E-state index contributed by atoms with van der Waals surface area (Å²) in [5.41, 5.74) is 8.29. The van der Waals surface area contributed by atoms with Gasteiger partial charge in [-0.3, -0.25) is 4.99 Å². The molecule has 1 N–H and O–H groups in total. The number of hydrogen-bond donors (Lipinski definition) is 1. The summed E-state index contributed by atoms with van der Waals surface area (Å²) >= 11 is 0. The fraction of sp³-hybridized carbons (Fsp3) is 0.0227. The minimum Gasteiger partial charge on any atom is -0.449 e. The highest BCUT2D eigenvalue weighted by Gasteiger charge is 2.27. The van der Waals surface area contributed by atoms with Crippen molar-refractivity contribution in [2.24, 2.45) is 4.99 Å². The van der Waals surface area contributed by atoms with Crippen LogP contribution in [0.1, 0.15) is 22.9 Å². The average molecular weight is 632 g/mol. The highest BCUT2D eigenvalue weighted by atomic mass is 16.6. The van der Waals surface area contributed by atoms with Crippen LogP contribution in [0.4, 0.5) is 0 Å². The van der Waals surface area contributed by atoms with E-state index in [4.69, 9.17) is 14.5 Å². The van der Waals surface area contributed by atoms with Crippen molar-refractivity contribution in [3.05, 3.63) is 180 Å². The third-order valence-electron chi connectivity index (χ3n) is 9.46. The fourth-order valence-electron chi connectivity index (χ4n) is 7.16. The van der Waals surface area contributed by atoms with Gasteiger partial charge >= 0.3 is 0 Å². The molecule has 232 valence electrons. The molecular weight excluding hydrogens is 603 g/mol. The first-order valence-corrected chi connectivity index (χ1v) is 16.5. The highest BCUT2D eigenvalue weighted by molar-refractivity contribution is 6.13. The Morgan fingerprint density at radius 2 is 1.27 bits per heavy atom. The number of allylic oxidation sites excluding steroid dienone is 1. The molecule has 0 spiro atoms. The van der Waals surface area contributed by atoms with Gasteiger partial charge in [-0.15, -0.1) is 0 Å². The van der Waals surface area contributed by atoms with Crippen LogP contribution >= 0.6 is 0 Å². The molecule has 2 aliphatic heterocycles. The van der Waals surface area contributed by atoms with Crippen LogP contribution < -0.4 is 14.8 Å². The van der Waals surface area contributed by atoms with E-state index in [0.717, 1.165) is 72.1 Å². The lowest BCUT2D eigenvalue weighted by atomic mass is 10.0. The van der Waals surface area contributed by atoms with Crippen LogP contribution in [-0.4, -0.2) is 10.3 Å². The number of fused-ring (bicyclic) bond motifs is 8. The SMILES string of the molecule is C1=C(c2ccccc2)NC(c2cccc(-n3c4ccccc4c4ccc5c(c43)Oc3c(ccc4ccccc34)O5)c2)N=C1c1ccccc1. The molecule has 0 saturated heterocycles. The Balaban J connectivity index is 1.14. The summed E-state index contributed by atoms with van der Waals surface area (Å²) in [5.74, 6) is 2.85. The van der Waals surface area contributed by atoms with Crippen LogP contribution in [-0.2, 0) is 0 Å². The largest absolute Gasteiger partial charge is 0.449 e. The van der Waals surface area contributed by atoms with Gasteiger partial charge in [0, 0.05) is 27.5 Å². The van der Waals surface area contributed by atoms with E-state index < -0.39 is 0 Å². The summed E-state index contributed by atoms with van der Waals surface area (Å²) in [5, 5.41) is 8.10. The lowest BCUT2D eigenvalue weighted by Crippen LogP contribution is -2.25. The molecule has 7 aromatic carbocycles. The smallest absolute Gasteiger partial charge is 0.194 e. The van der Waals surface area contributed by atoms with E-state index in [0.29, 0.717) is 17.2 Å². The zero-order valence-corrected chi connectivity index (χ0v) is 26.4. The van der Waals surface area contributed by atoms with Gasteiger partial charge in [0.1, 0.15) is 11.7 Å². The van der Waals surface area contributed by atoms with Gasteiger partial charge in [-0.05, 0) is 64.6 Å². The van der Waals surface area contributed by atoms with Gasteiger partial charge in [-0.2, -0.15) is 0 Å². The predicted molar refractivity (Wildman–Crippen MR) is 198 cm³/mol. The van der Waals surface area contributed by atoms with Crippen molar-refractivity contribution in [3.8, 4) is 28.7 Å². The van der Waals surface area contributed by atoms with Crippen LogP contribution in [0.25, 0.3) is 44.0 Å². The molecule has 1 atom stereocenters. The predicted octanol–water partition coefficient (Wildman–Crippen LogP) is 11.0. The lowest BCUT2D eigenvalue weighted by Gasteiger charge is -2.26. The number of aromatic nitrogens is 1. The Hall–Kier alpha value is -6.59. The molecule has 8 aromatic rings. The minimum atomic E-state index is -0.296. The lowest BCUT2D eigenvalue weighted by molar-refractivity contribution is 0.366. The third kappa shape index (κ3) is 4.51. The van der Waals surface area contributed by atoms with Crippen molar-refractivity contribution >= 4 is 44.0 Å². The third-order valence-corrected chi connectivity index (χ3v) is 9.46. The Labute approximate surface area is 283 Å². The maximum atomic E-state index is 6.88. The van der Waals surface area contributed by atoms with Gasteiger partial charge in [-0.25, -0.2) is 0 Å². The second-order valence-corrected chi connectivity index (χ2v) is 12.4. The van der Waals surface area contributed by atoms with Crippen molar-refractivity contribution in [1.29, 1.82) is 0 Å². The van der Waals surface area contributed by atoms with Crippen LogP contribution in [0.3, 0.4) is 0 Å². The standard InChI is InChI=1S/C44H29N3O2/c1-3-13-29(14-4-1)36-27-37(30-15-5-2-6-16-30)46-44(45-36)31-17-11-18-32(26-31)47-38-21-10-9-20-34(38)35-23-25-40-43(41(35)47)49-42-33-19-8-7-12-28(33)22-24-39(42)48-40/h1-27,44-45H. The van der Waals surface area contributed by atoms with Crippen LogP contribution in [0.5, 0.6) is 23.0 Å². The van der Waals surface area contributed by atoms with E-state index in [2.05, 4.69) is 137 Å². The molecule has 0 bridgehead atoms. The van der Waals surface area contributed by atoms with Gasteiger partial charge in [0.05, 0.1) is 11.2 Å². The van der Waals surface area contributed by atoms with Crippen LogP contribution in [0.15, 0.2) is 169 Å². The van der Waals surface area contributed by atoms with Crippen molar-refractivity contribution in [2.45, 2.75) is 6.17 Å². The summed E-state index contributed by atoms with van der Waals surface area (Å²) < 4.78 is 15.7. The van der Waals surface area contributed by atoms with Gasteiger partial charge in [0.25, 0.3) is 0 Å². The topological polar surface area (TPSA) is 47.8 Å². The Bertz CT molecular complexity index is 2640. The number of aliphatic imine (C=N–C) groups is 1. The monoisotopic (exact) mass is 631 g/mol. The zero-order chi connectivity index (χ0) is 32.3. The molecule has 0 fully saturated rings. The Morgan fingerprint density at radius 3 is 2.12 bits per heavy atom. The molecule has 0 saturated carbocycles. The number of hydrogen-bond acceptors (Lipinski definition) is 4. The van der Waals surface area contributed by atoms with E-state index >= 15 is 0 Å². The van der Waals surface area contributed by atoms with E-state index in [1.54, 1.807) is 0 Å². The average Bonchev–Trinajstić information content (AvgIpc) is 3.52. The molecular formula is C44H29N3O2. The first kappa shape index (κ1) is 27.5. The molecule has 10 rings (SSSR count). The molecule has 1 unspecified atom stereocenters. The molecule has 0 aliphatic carbocycles. The minimum absolute atomic E-state index is 0.296. The molecule has 2 aliphatic rings. The van der Waals surface area contributed by atoms with Crippen LogP contribution in [0.2, 0.25) is 0 Å². The van der Waals surface area contributed by atoms with E-state index in [1.807, 2.05) is 36.4 Å². The fourth-order valence-corrected chi connectivity index (χ4v) is 7.16.